The molecule has 0 unspecified atom stereocenters. The van der Waals surface area contributed by atoms with E-state index in [2.05, 4.69) is 9.88 Å². The molecule has 1 aromatic heterocycles. The van der Waals surface area contributed by atoms with E-state index in [1.165, 1.54) is 28.4 Å². The highest BCUT2D eigenvalue weighted by molar-refractivity contribution is 7.22. The van der Waals surface area contributed by atoms with E-state index in [4.69, 9.17) is 9.47 Å². The van der Waals surface area contributed by atoms with Crippen molar-refractivity contribution in [1.29, 1.82) is 0 Å². The zero-order chi connectivity index (χ0) is 23.4. The minimum atomic E-state index is -4.53. The van der Waals surface area contributed by atoms with E-state index < -0.39 is 17.6 Å². The molecule has 1 amide bonds. The summed E-state index contributed by atoms with van der Waals surface area (Å²) in [5.41, 5.74) is -0.256. The molecule has 0 bridgehead atoms. The van der Waals surface area contributed by atoms with Crippen LogP contribution in [0.25, 0.3) is 10.2 Å². The Labute approximate surface area is 193 Å². The molecule has 6 nitrogen and oxygen atoms in total. The van der Waals surface area contributed by atoms with E-state index in [-0.39, 0.29) is 5.56 Å². The quantitative estimate of drug-likeness (QED) is 0.492. The van der Waals surface area contributed by atoms with Crippen molar-refractivity contribution >= 4 is 32.6 Å². The van der Waals surface area contributed by atoms with Crippen LogP contribution in [0.5, 0.6) is 5.75 Å². The van der Waals surface area contributed by atoms with Crippen molar-refractivity contribution in [2.75, 3.05) is 50.9 Å². The Morgan fingerprint density at radius 2 is 1.97 bits per heavy atom. The van der Waals surface area contributed by atoms with Gasteiger partial charge in [-0.3, -0.25) is 14.6 Å². The number of nitrogens with zero attached hydrogens (tertiary/aromatic N) is 3. The molecule has 4 rings (SSSR count). The van der Waals surface area contributed by atoms with Crippen molar-refractivity contribution in [1.82, 2.24) is 9.88 Å². The number of rotatable bonds is 7. The van der Waals surface area contributed by atoms with Crippen LogP contribution < -0.4 is 9.64 Å². The number of para-hydroxylation sites is 1. The van der Waals surface area contributed by atoms with Crippen LogP contribution in [0, 0.1) is 0 Å². The second-order valence-electron chi connectivity index (χ2n) is 7.52. The second-order valence-corrected chi connectivity index (χ2v) is 8.53. The van der Waals surface area contributed by atoms with Gasteiger partial charge < -0.3 is 9.47 Å². The van der Waals surface area contributed by atoms with Crippen molar-refractivity contribution in [2.45, 2.75) is 13.1 Å². The van der Waals surface area contributed by atoms with Crippen LogP contribution >= 0.6 is 11.3 Å². The number of hydrogen-bond acceptors (Lipinski definition) is 6. The molecular weight excluding hydrogens is 455 g/mol. The number of alkyl halides is 3. The molecule has 1 fully saturated rings. The molecule has 2 aromatic carbocycles. The summed E-state index contributed by atoms with van der Waals surface area (Å²) in [6, 6.07) is 10.0. The second kappa shape index (κ2) is 10.1. The summed E-state index contributed by atoms with van der Waals surface area (Å²) in [4.78, 5) is 21.7. The lowest BCUT2D eigenvalue weighted by Crippen LogP contribution is -2.43. The Hall–Kier alpha value is -2.69. The largest absolute Gasteiger partial charge is 0.492 e. The van der Waals surface area contributed by atoms with E-state index in [0.717, 1.165) is 29.9 Å². The van der Waals surface area contributed by atoms with Crippen LogP contribution in [0.1, 0.15) is 22.8 Å². The number of morpholine rings is 1. The van der Waals surface area contributed by atoms with Crippen LogP contribution in [0.3, 0.4) is 0 Å². The number of anilines is 1. The predicted molar refractivity (Wildman–Crippen MR) is 121 cm³/mol. The SMILES string of the molecule is CCOc1cccc2sc(N(CCN3CCOCC3)C(=O)c3cccc(C(F)(F)F)c3)nc12. The fourth-order valence-corrected chi connectivity index (χ4v) is 4.64. The number of halogens is 3. The molecule has 33 heavy (non-hydrogen) atoms. The maximum atomic E-state index is 13.4. The Kier molecular flexibility index (Phi) is 7.16. The molecule has 0 radical (unpaired) electrons. The first-order valence-electron chi connectivity index (χ1n) is 10.7. The van der Waals surface area contributed by atoms with Gasteiger partial charge in [0.15, 0.2) is 5.13 Å². The van der Waals surface area contributed by atoms with Crippen molar-refractivity contribution in [2.24, 2.45) is 0 Å². The molecule has 3 aromatic rings. The van der Waals surface area contributed by atoms with Crippen LogP contribution in [-0.2, 0) is 10.9 Å². The fourth-order valence-electron chi connectivity index (χ4n) is 3.63. The summed E-state index contributed by atoms with van der Waals surface area (Å²) in [5, 5.41) is 0.424. The number of thiazole rings is 1. The summed E-state index contributed by atoms with van der Waals surface area (Å²) in [6.07, 6.45) is -4.53. The fraction of sp³-hybridized carbons (Fsp3) is 0.391. The lowest BCUT2D eigenvalue weighted by molar-refractivity contribution is -0.137. The van der Waals surface area contributed by atoms with Gasteiger partial charge >= 0.3 is 6.18 Å². The third-order valence-electron chi connectivity index (χ3n) is 5.33. The smallest absolute Gasteiger partial charge is 0.416 e. The van der Waals surface area contributed by atoms with Crippen molar-refractivity contribution in [3.63, 3.8) is 0 Å². The first-order valence-corrected chi connectivity index (χ1v) is 11.5. The van der Waals surface area contributed by atoms with Gasteiger partial charge in [0.1, 0.15) is 11.3 Å². The van der Waals surface area contributed by atoms with Gasteiger partial charge in [0.2, 0.25) is 0 Å². The average Bonchev–Trinajstić information content (AvgIpc) is 3.24. The van der Waals surface area contributed by atoms with Crippen LogP contribution in [0.4, 0.5) is 18.3 Å². The zero-order valence-electron chi connectivity index (χ0n) is 18.1. The van der Waals surface area contributed by atoms with Gasteiger partial charge in [0, 0.05) is 31.7 Å². The number of amides is 1. The summed E-state index contributed by atoms with van der Waals surface area (Å²) < 4.78 is 51.6. The Balaban J connectivity index is 1.68. The standard InChI is InChI=1S/C23H24F3N3O3S/c1-2-32-18-7-4-8-19-20(18)27-22(33-19)29(10-9-28-11-13-31-14-12-28)21(30)16-5-3-6-17(15-16)23(24,25)26/h3-8,15H,2,9-14H2,1H3. The zero-order valence-corrected chi connectivity index (χ0v) is 18.9. The first-order chi connectivity index (χ1) is 15.9. The molecule has 176 valence electrons. The topological polar surface area (TPSA) is 54.9 Å². The van der Waals surface area contributed by atoms with Gasteiger partial charge in [-0.2, -0.15) is 13.2 Å². The van der Waals surface area contributed by atoms with Gasteiger partial charge in [-0.05, 0) is 37.3 Å². The van der Waals surface area contributed by atoms with Crippen LogP contribution in [0.15, 0.2) is 42.5 Å². The first kappa shape index (κ1) is 23.5. The molecular formula is C23H24F3N3O3S. The highest BCUT2D eigenvalue weighted by atomic mass is 32.1. The van der Waals surface area contributed by atoms with Crippen molar-refractivity contribution in [3.8, 4) is 5.75 Å². The maximum absolute atomic E-state index is 13.4. The van der Waals surface area contributed by atoms with E-state index in [1.807, 2.05) is 25.1 Å². The molecule has 1 aliphatic heterocycles. The maximum Gasteiger partial charge on any atom is 0.416 e. The molecule has 1 saturated heterocycles. The van der Waals surface area contributed by atoms with E-state index in [9.17, 15) is 18.0 Å². The molecule has 10 heteroatoms. The average molecular weight is 480 g/mol. The van der Waals surface area contributed by atoms with Crippen molar-refractivity contribution in [3.05, 3.63) is 53.6 Å². The van der Waals surface area contributed by atoms with E-state index >= 15 is 0 Å². The lowest BCUT2D eigenvalue weighted by Gasteiger charge is -2.29. The number of hydrogen-bond donors (Lipinski definition) is 0. The summed E-state index contributed by atoms with van der Waals surface area (Å²) >= 11 is 1.31. The molecule has 1 aliphatic rings. The number of fused-ring (bicyclic) bond motifs is 1. The van der Waals surface area contributed by atoms with Gasteiger partial charge in [-0.15, -0.1) is 0 Å². The highest BCUT2D eigenvalue weighted by Crippen LogP contribution is 2.35. The summed E-state index contributed by atoms with van der Waals surface area (Å²) in [7, 11) is 0. The van der Waals surface area contributed by atoms with Gasteiger partial charge in [0.25, 0.3) is 5.91 Å². The lowest BCUT2D eigenvalue weighted by atomic mass is 10.1. The van der Waals surface area contributed by atoms with Crippen LogP contribution in [0.2, 0.25) is 0 Å². The Morgan fingerprint density at radius 1 is 1.21 bits per heavy atom. The molecule has 0 atom stereocenters. The molecule has 0 N–H and O–H groups in total. The van der Waals surface area contributed by atoms with E-state index in [0.29, 0.717) is 49.3 Å². The molecule has 0 aliphatic carbocycles. The molecule has 0 saturated carbocycles. The predicted octanol–water partition coefficient (Wildman–Crippen LogP) is 4.69. The third-order valence-corrected chi connectivity index (χ3v) is 6.37. The molecule has 0 spiro atoms. The van der Waals surface area contributed by atoms with E-state index in [1.54, 1.807) is 0 Å². The summed E-state index contributed by atoms with van der Waals surface area (Å²) in [5.74, 6) is 0.0866. The Morgan fingerprint density at radius 3 is 2.70 bits per heavy atom. The minimum absolute atomic E-state index is 0.0314. The van der Waals surface area contributed by atoms with Gasteiger partial charge in [-0.1, -0.05) is 23.5 Å². The number of carbonyl (C=O) groups is 1. The van der Waals surface area contributed by atoms with Gasteiger partial charge in [0.05, 0.1) is 30.1 Å². The Bertz CT molecular complexity index is 1110. The number of carbonyl (C=O) groups excluding carboxylic acids is 1. The highest BCUT2D eigenvalue weighted by Gasteiger charge is 2.32. The summed E-state index contributed by atoms with van der Waals surface area (Å²) in [6.45, 7) is 5.88. The molecule has 2 heterocycles. The third kappa shape index (κ3) is 5.45. The van der Waals surface area contributed by atoms with Crippen molar-refractivity contribution < 1.29 is 27.4 Å². The minimum Gasteiger partial charge on any atom is -0.492 e. The monoisotopic (exact) mass is 479 g/mol. The van der Waals surface area contributed by atoms with Gasteiger partial charge in [-0.25, -0.2) is 4.98 Å². The normalized spacial score (nSPS) is 15.0. The number of aromatic nitrogens is 1. The number of benzene rings is 2. The van der Waals surface area contributed by atoms with Crippen LogP contribution in [-0.4, -0.2) is 61.8 Å². The number of ether oxygens (including phenoxy) is 2.